The van der Waals surface area contributed by atoms with Gasteiger partial charge in [0.05, 0.1) is 5.70 Å². The summed E-state index contributed by atoms with van der Waals surface area (Å²) in [5.74, 6) is -0.851. The first-order valence-electron chi connectivity index (χ1n) is 9.63. The lowest BCUT2D eigenvalue weighted by atomic mass is 9.80. The van der Waals surface area contributed by atoms with E-state index >= 15 is 0 Å². The summed E-state index contributed by atoms with van der Waals surface area (Å²) in [6, 6.07) is 5.92. The largest absolute Gasteiger partial charge is 0.413 e. The first kappa shape index (κ1) is 22.9. The number of alkyl halides is 3. The minimum Gasteiger partial charge on any atom is -0.372 e. The van der Waals surface area contributed by atoms with Crippen LogP contribution in [0.4, 0.5) is 13.2 Å². The van der Waals surface area contributed by atoms with Gasteiger partial charge in [-0.15, -0.1) is 0 Å². The fourth-order valence-electron chi connectivity index (χ4n) is 3.97. The van der Waals surface area contributed by atoms with Gasteiger partial charge in [0.1, 0.15) is 0 Å². The number of fused-ring (bicyclic) bond motifs is 1. The second-order valence-electron chi connectivity index (χ2n) is 7.20. The van der Waals surface area contributed by atoms with Crippen molar-refractivity contribution < 1.29 is 23.1 Å². The van der Waals surface area contributed by atoms with Gasteiger partial charge in [0.15, 0.2) is 5.60 Å². The van der Waals surface area contributed by atoms with Crippen molar-refractivity contribution in [2.45, 2.75) is 32.0 Å². The molecule has 9 heteroatoms. The maximum Gasteiger partial charge on any atom is 0.413 e. The van der Waals surface area contributed by atoms with E-state index in [4.69, 9.17) is 23.8 Å². The summed E-state index contributed by atoms with van der Waals surface area (Å²) in [5.41, 5.74) is -4.09. The lowest BCUT2D eigenvalue weighted by Crippen LogP contribution is -2.41. The van der Waals surface area contributed by atoms with Crippen LogP contribution in [0.2, 0.25) is 5.02 Å². The van der Waals surface area contributed by atoms with E-state index in [-0.39, 0.29) is 27.7 Å². The number of hydrogen-bond acceptors (Lipinski definition) is 4. The summed E-state index contributed by atoms with van der Waals surface area (Å²) in [7, 11) is 0. The van der Waals surface area contributed by atoms with Crippen molar-refractivity contribution in [3.63, 3.8) is 0 Å². The van der Waals surface area contributed by atoms with Gasteiger partial charge in [-0.05, 0) is 25.2 Å². The summed E-state index contributed by atoms with van der Waals surface area (Å²) in [6.45, 7) is 5.92. The molecule has 4 nitrogen and oxygen atoms in total. The van der Waals surface area contributed by atoms with Crippen molar-refractivity contribution in [2.75, 3.05) is 26.2 Å². The smallest absolute Gasteiger partial charge is 0.372 e. The third kappa shape index (κ3) is 3.82. The average Bonchev–Trinajstić information content (AvgIpc) is 2.89. The maximum absolute atomic E-state index is 14.0. The number of aliphatic hydroxyl groups is 1. The Morgan fingerprint density at radius 3 is 2.47 bits per heavy atom. The minimum atomic E-state index is -4.76. The van der Waals surface area contributed by atoms with E-state index in [9.17, 15) is 23.1 Å². The Morgan fingerprint density at radius 1 is 1.27 bits per heavy atom. The zero-order chi connectivity index (χ0) is 22.3. The number of likely N-dealkylation sites (tertiary alicyclic amines) is 1. The molecule has 1 saturated heterocycles. The summed E-state index contributed by atoms with van der Waals surface area (Å²) < 4.78 is 41.9. The molecule has 1 atom stereocenters. The Hall–Kier alpha value is -1.74. The molecule has 1 N–H and O–H groups in total. The van der Waals surface area contributed by atoms with E-state index in [0.29, 0.717) is 6.54 Å². The van der Waals surface area contributed by atoms with Crippen molar-refractivity contribution in [2.24, 2.45) is 0 Å². The van der Waals surface area contributed by atoms with Crippen LogP contribution in [0.1, 0.15) is 25.8 Å². The van der Waals surface area contributed by atoms with Crippen LogP contribution in [0, 0.1) is 0 Å². The maximum atomic E-state index is 14.0. The highest BCUT2D eigenvalue weighted by Gasteiger charge is 2.59. The van der Waals surface area contributed by atoms with E-state index in [1.165, 1.54) is 29.2 Å². The van der Waals surface area contributed by atoms with E-state index in [1.807, 2.05) is 18.7 Å². The first-order valence-corrected chi connectivity index (χ1v) is 10.4. The van der Waals surface area contributed by atoms with Gasteiger partial charge in [-0.2, -0.15) is 13.2 Å². The highest BCUT2D eigenvalue weighted by atomic mass is 35.5. The first-order chi connectivity index (χ1) is 14.1. The van der Waals surface area contributed by atoms with Crippen LogP contribution in [0.25, 0.3) is 0 Å². The molecule has 1 aromatic carbocycles. The van der Waals surface area contributed by atoms with E-state index < -0.39 is 35.3 Å². The third-order valence-corrected chi connectivity index (χ3v) is 6.15. The van der Waals surface area contributed by atoms with Crippen LogP contribution in [-0.4, -0.2) is 58.0 Å². The predicted octanol–water partition coefficient (Wildman–Crippen LogP) is 4.23. The van der Waals surface area contributed by atoms with E-state index in [1.54, 1.807) is 6.07 Å². The molecule has 1 fully saturated rings. The van der Waals surface area contributed by atoms with E-state index in [2.05, 4.69) is 0 Å². The molecule has 0 bridgehead atoms. The number of halogens is 4. The van der Waals surface area contributed by atoms with Crippen molar-refractivity contribution in [3.05, 3.63) is 57.8 Å². The monoisotopic (exact) mass is 458 g/mol. The van der Waals surface area contributed by atoms with Gasteiger partial charge in [0, 0.05) is 46.1 Å². The normalized spacial score (nSPS) is 22.1. The predicted molar refractivity (Wildman–Crippen MR) is 113 cm³/mol. The van der Waals surface area contributed by atoms with Crippen LogP contribution in [-0.2, 0) is 10.4 Å². The fraction of sp³-hybridized carbons (Fsp3) is 0.429. The Kier molecular flexibility index (Phi) is 6.43. The quantitative estimate of drug-likeness (QED) is 0.648. The minimum absolute atomic E-state index is 0.00171. The molecule has 0 spiro atoms. The number of likely N-dealkylation sites (N-methyl/N-ethyl adjacent to an activating group) is 1. The Balaban J connectivity index is 2.22. The second-order valence-corrected chi connectivity index (χ2v) is 8.13. The molecule has 0 aromatic heterocycles. The summed E-state index contributed by atoms with van der Waals surface area (Å²) in [6.07, 6.45) is -3.94. The van der Waals surface area contributed by atoms with Crippen molar-refractivity contribution in [3.8, 4) is 0 Å². The molecule has 1 aliphatic heterocycles. The second kappa shape index (κ2) is 8.42. The molecule has 0 saturated carbocycles. The number of benzene rings is 1. The number of hydrogen-bond donors (Lipinski definition) is 1. The number of rotatable bonds is 6. The molecule has 1 aliphatic carbocycles. The van der Waals surface area contributed by atoms with Crippen molar-refractivity contribution >= 4 is 34.6 Å². The molecule has 1 amide bonds. The van der Waals surface area contributed by atoms with Crippen LogP contribution < -0.4 is 0 Å². The lowest BCUT2D eigenvalue weighted by molar-refractivity contribution is -0.142. The number of carbonyl (C=O) groups excluding carboxylic acids is 1. The van der Waals surface area contributed by atoms with Crippen molar-refractivity contribution in [1.29, 1.82) is 0 Å². The number of thiocarbonyl (C=S) groups is 1. The standard InChI is InChI=1S/C21H22ClF3N2O2S/c1-3-26(4-2)9-10-27-17-12-13(30)11-15(21(23,24)25)18(17)20(29,19(27)28)14-7-5-6-8-16(14)22/h5-8,12,29H,3-4,9-11H2,1-2H3. The van der Waals surface area contributed by atoms with Gasteiger partial charge in [-0.3, -0.25) is 4.79 Å². The fourth-order valence-corrected chi connectivity index (χ4v) is 4.50. The number of nitrogens with zero attached hydrogens (tertiary/aromatic N) is 2. The Morgan fingerprint density at radius 2 is 1.90 bits per heavy atom. The van der Waals surface area contributed by atoms with Gasteiger partial charge < -0.3 is 14.9 Å². The SMILES string of the molecule is CCN(CC)CCN1C(=O)C(O)(c2ccccc2Cl)C2=C(C(F)(F)F)CC(=S)C=C21. The summed E-state index contributed by atoms with van der Waals surface area (Å²) >= 11 is 11.3. The van der Waals surface area contributed by atoms with Gasteiger partial charge in [-0.25, -0.2) is 0 Å². The number of amides is 1. The molecule has 1 heterocycles. The zero-order valence-electron chi connectivity index (χ0n) is 16.6. The van der Waals surface area contributed by atoms with E-state index in [0.717, 1.165) is 13.1 Å². The van der Waals surface area contributed by atoms with Gasteiger partial charge in [-0.1, -0.05) is 55.9 Å². The molecule has 1 aromatic rings. The molecule has 0 radical (unpaired) electrons. The molecule has 3 rings (SSSR count). The average molecular weight is 459 g/mol. The molecule has 162 valence electrons. The van der Waals surface area contributed by atoms with Crippen LogP contribution in [0.5, 0.6) is 0 Å². The lowest BCUT2D eigenvalue weighted by Gasteiger charge is -2.28. The van der Waals surface area contributed by atoms with Crippen LogP contribution in [0.15, 0.2) is 47.2 Å². The highest BCUT2D eigenvalue weighted by Crippen LogP contribution is 2.52. The van der Waals surface area contributed by atoms with Gasteiger partial charge in [0.2, 0.25) is 0 Å². The highest BCUT2D eigenvalue weighted by molar-refractivity contribution is 7.80. The third-order valence-electron chi connectivity index (χ3n) is 5.55. The Labute approximate surface area is 183 Å². The van der Waals surface area contributed by atoms with Crippen LogP contribution in [0.3, 0.4) is 0 Å². The molecular formula is C21H22ClF3N2O2S. The summed E-state index contributed by atoms with van der Waals surface area (Å²) in [4.78, 5) is 16.7. The van der Waals surface area contributed by atoms with Crippen LogP contribution >= 0.6 is 23.8 Å². The number of allylic oxidation sites excluding steroid dienone is 2. The topological polar surface area (TPSA) is 43.8 Å². The number of carbonyl (C=O) groups is 1. The molecular weight excluding hydrogens is 437 g/mol. The molecule has 30 heavy (non-hydrogen) atoms. The molecule has 1 unspecified atom stereocenters. The summed E-state index contributed by atoms with van der Waals surface area (Å²) in [5, 5.41) is 11.6. The Bertz CT molecular complexity index is 940. The van der Waals surface area contributed by atoms with Gasteiger partial charge >= 0.3 is 6.18 Å². The molecule has 2 aliphatic rings. The van der Waals surface area contributed by atoms with Gasteiger partial charge in [0.25, 0.3) is 5.91 Å². The van der Waals surface area contributed by atoms with Crippen molar-refractivity contribution in [1.82, 2.24) is 9.80 Å². The zero-order valence-corrected chi connectivity index (χ0v) is 18.2.